The van der Waals surface area contributed by atoms with Gasteiger partial charge < -0.3 is 19.5 Å². The van der Waals surface area contributed by atoms with E-state index < -0.39 is 22.4 Å². The molecule has 4 rings (SSSR count). The lowest BCUT2D eigenvalue weighted by atomic mass is 9.69. The Labute approximate surface area is 237 Å². The van der Waals surface area contributed by atoms with Crippen LogP contribution in [0.4, 0.5) is 4.39 Å². The molecule has 0 radical (unpaired) electrons. The van der Waals surface area contributed by atoms with Gasteiger partial charge >= 0.3 is 0 Å². The zero-order chi connectivity index (χ0) is 29.2. The predicted octanol–water partition coefficient (Wildman–Crippen LogP) is 4.95. The molecule has 2 amide bonds. The summed E-state index contributed by atoms with van der Waals surface area (Å²) in [6.07, 6.45) is 8.83. The van der Waals surface area contributed by atoms with Crippen LogP contribution in [0.1, 0.15) is 76.1 Å². The average Bonchev–Trinajstić information content (AvgIpc) is 2.91. The number of benzene rings is 1. The number of rotatable bonds is 7. The van der Waals surface area contributed by atoms with Gasteiger partial charge in [0.25, 0.3) is 11.5 Å². The van der Waals surface area contributed by atoms with E-state index in [1.807, 2.05) is 25.7 Å². The molecule has 7 nitrogen and oxygen atoms in total. The van der Waals surface area contributed by atoms with E-state index in [1.54, 1.807) is 32.3 Å². The van der Waals surface area contributed by atoms with Crippen LogP contribution >= 0.6 is 0 Å². The van der Waals surface area contributed by atoms with Crippen molar-refractivity contribution in [2.24, 2.45) is 17.3 Å². The van der Waals surface area contributed by atoms with Gasteiger partial charge in [0.15, 0.2) is 0 Å². The molecule has 2 aliphatic rings. The van der Waals surface area contributed by atoms with Crippen LogP contribution in [0.3, 0.4) is 0 Å². The van der Waals surface area contributed by atoms with Crippen molar-refractivity contribution >= 4 is 11.8 Å². The van der Waals surface area contributed by atoms with Gasteiger partial charge in [0.1, 0.15) is 5.82 Å². The maximum atomic E-state index is 14.7. The van der Waals surface area contributed by atoms with Crippen LogP contribution < -0.4 is 5.56 Å². The molecule has 1 aliphatic heterocycles. The summed E-state index contributed by atoms with van der Waals surface area (Å²) in [5, 5.41) is 11.9. The number of aliphatic hydroxyl groups is 1. The van der Waals surface area contributed by atoms with Gasteiger partial charge in [0.05, 0.1) is 17.7 Å². The van der Waals surface area contributed by atoms with Crippen LogP contribution in [-0.2, 0) is 11.3 Å². The van der Waals surface area contributed by atoms with Crippen LogP contribution in [0.25, 0.3) is 11.1 Å². The fourth-order valence-corrected chi connectivity index (χ4v) is 6.47. The van der Waals surface area contributed by atoms with Crippen molar-refractivity contribution in [2.45, 2.75) is 77.9 Å². The van der Waals surface area contributed by atoms with E-state index in [1.165, 1.54) is 59.9 Å². The van der Waals surface area contributed by atoms with E-state index >= 15 is 0 Å². The van der Waals surface area contributed by atoms with Crippen LogP contribution in [0.5, 0.6) is 0 Å². The Bertz CT molecular complexity index is 1300. The molecule has 0 bridgehead atoms. The van der Waals surface area contributed by atoms with E-state index in [0.29, 0.717) is 25.4 Å². The van der Waals surface area contributed by atoms with Crippen LogP contribution in [0.15, 0.2) is 41.3 Å². The summed E-state index contributed by atoms with van der Waals surface area (Å²) >= 11 is 0. The topological polar surface area (TPSA) is 82.8 Å². The summed E-state index contributed by atoms with van der Waals surface area (Å²) < 4.78 is 16.0. The lowest BCUT2D eigenvalue weighted by Crippen LogP contribution is -2.61. The summed E-state index contributed by atoms with van der Waals surface area (Å²) in [7, 11) is 3.20. The smallest absolute Gasteiger partial charge is 0.255 e. The van der Waals surface area contributed by atoms with Crippen molar-refractivity contribution in [1.82, 2.24) is 14.4 Å². The standard InChI is InChI=1S/C32H44FN3O4/c1-22(17-23-11-7-6-8-12-23)29(38)35-16-15-32(40,31(2,3)20-35)21-36-19-26(30(39)34(4)5)25(18-28(36)37)24-13-9-10-14-27(24)33/h9-10,13-14,18-19,22-23,40H,6-8,11-12,15-17,20-21H2,1-5H3/t22?,32-/m1/s1. The summed E-state index contributed by atoms with van der Waals surface area (Å²) in [6, 6.07) is 7.32. The van der Waals surface area contributed by atoms with Crippen molar-refractivity contribution in [3.8, 4) is 11.1 Å². The van der Waals surface area contributed by atoms with Gasteiger partial charge in [-0.2, -0.15) is 0 Å². The van der Waals surface area contributed by atoms with E-state index in [2.05, 4.69) is 0 Å². The lowest BCUT2D eigenvalue weighted by molar-refractivity contribution is -0.157. The van der Waals surface area contributed by atoms with Crippen molar-refractivity contribution in [3.05, 3.63) is 58.3 Å². The number of nitrogens with zero attached hydrogens (tertiary/aromatic N) is 3. The van der Waals surface area contributed by atoms with Crippen molar-refractivity contribution in [2.75, 3.05) is 27.2 Å². The second-order valence-electron chi connectivity index (χ2n) is 12.8. The van der Waals surface area contributed by atoms with Crippen molar-refractivity contribution in [3.63, 3.8) is 0 Å². The molecular weight excluding hydrogens is 509 g/mol. The van der Waals surface area contributed by atoms with Gasteiger partial charge in [-0.1, -0.05) is 71.1 Å². The molecule has 2 aromatic rings. The Morgan fingerprint density at radius 3 is 2.42 bits per heavy atom. The third-order valence-corrected chi connectivity index (χ3v) is 9.14. The monoisotopic (exact) mass is 553 g/mol. The lowest BCUT2D eigenvalue weighted by Gasteiger charge is -2.51. The number of hydrogen-bond donors (Lipinski definition) is 1. The summed E-state index contributed by atoms with van der Waals surface area (Å²) in [6.45, 7) is 6.60. The molecule has 1 saturated carbocycles. The number of pyridine rings is 1. The summed E-state index contributed by atoms with van der Waals surface area (Å²) in [5.41, 5.74) is -1.86. The van der Waals surface area contributed by atoms with Gasteiger partial charge in [-0.05, 0) is 24.8 Å². The summed E-state index contributed by atoms with van der Waals surface area (Å²) in [4.78, 5) is 43.0. The molecule has 1 saturated heterocycles. The molecule has 218 valence electrons. The first-order chi connectivity index (χ1) is 18.8. The zero-order valence-corrected chi connectivity index (χ0v) is 24.6. The number of halogens is 1. The maximum absolute atomic E-state index is 14.7. The molecule has 0 spiro atoms. The highest BCUT2D eigenvalue weighted by atomic mass is 19.1. The maximum Gasteiger partial charge on any atom is 0.255 e. The number of carbonyl (C=O) groups excluding carboxylic acids is 2. The Kier molecular flexibility index (Phi) is 8.88. The molecule has 1 aromatic carbocycles. The summed E-state index contributed by atoms with van der Waals surface area (Å²) in [5.74, 6) is -0.211. The third kappa shape index (κ3) is 6.17. The van der Waals surface area contributed by atoms with Gasteiger partial charge in [0, 0.05) is 61.9 Å². The van der Waals surface area contributed by atoms with Gasteiger partial charge in [0.2, 0.25) is 5.91 Å². The first-order valence-corrected chi connectivity index (χ1v) is 14.6. The predicted molar refractivity (Wildman–Crippen MR) is 154 cm³/mol. The van der Waals surface area contributed by atoms with Gasteiger partial charge in [-0.15, -0.1) is 0 Å². The van der Waals surface area contributed by atoms with Crippen molar-refractivity contribution < 1.29 is 19.1 Å². The van der Waals surface area contributed by atoms with E-state index in [0.717, 1.165) is 6.42 Å². The Morgan fingerprint density at radius 2 is 1.80 bits per heavy atom. The molecule has 2 atom stereocenters. The SMILES string of the molecule is CC(CC1CCCCC1)C(=O)N1CC[C@@](O)(Cn2cc(C(=O)N(C)C)c(-c3ccccc3F)cc2=O)C(C)(C)C1. The largest absolute Gasteiger partial charge is 0.387 e. The second-order valence-corrected chi connectivity index (χ2v) is 12.8. The Balaban J connectivity index is 1.57. The molecule has 2 heterocycles. The minimum absolute atomic E-state index is 0.0379. The van der Waals surface area contributed by atoms with E-state index in [-0.39, 0.29) is 41.0 Å². The van der Waals surface area contributed by atoms with Gasteiger partial charge in [-0.3, -0.25) is 14.4 Å². The first kappa shape index (κ1) is 30.0. The molecule has 40 heavy (non-hydrogen) atoms. The molecule has 8 heteroatoms. The second kappa shape index (κ2) is 11.9. The fraction of sp³-hybridized carbons (Fsp3) is 0.594. The Hall–Kier alpha value is -3.00. The molecule has 1 unspecified atom stereocenters. The van der Waals surface area contributed by atoms with E-state index in [4.69, 9.17) is 0 Å². The molecule has 1 aliphatic carbocycles. The van der Waals surface area contributed by atoms with E-state index in [9.17, 15) is 23.9 Å². The van der Waals surface area contributed by atoms with Gasteiger partial charge in [-0.25, -0.2) is 4.39 Å². The number of likely N-dealkylation sites (tertiary alicyclic amines) is 1. The van der Waals surface area contributed by atoms with Crippen LogP contribution in [0.2, 0.25) is 0 Å². The van der Waals surface area contributed by atoms with Crippen molar-refractivity contribution in [1.29, 1.82) is 0 Å². The normalized spacial score (nSPS) is 22.1. The quantitative estimate of drug-likeness (QED) is 0.526. The molecule has 1 N–H and O–H groups in total. The number of hydrogen-bond acceptors (Lipinski definition) is 4. The minimum atomic E-state index is -1.29. The fourth-order valence-electron chi connectivity index (χ4n) is 6.47. The number of aromatic nitrogens is 1. The molecule has 1 aromatic heterocycles. The van der Waals surface area contributed by atoms with Crippen LogP contribution in [0, 0.1) is 23.1 Å². The minimum Gasteiger partial charge on any atom is -0.387 e. The highest BCUT2D eigenvalue weighted by Crippen LogP contribution is 2.41. The molecule has 2 fully saturated rings. The number of piperidine rings is 1. The number of amides is 2. The highest BCUT2D eigenvalue weighted by molar-refractivity contribution is 6.00. The van der Waals surface area contributed by atoms with Crippen LogP contribution in [-0.4, -0.2) is 64.1 Å². The Morgan fingerprint density at radius 1 is 1.12 bits per heavy atom. The molecular formula is C32H44FN3O4. The highest BCUT2D eigenvalue weighted by Gasteiger charge is 2.49. The number of carbonyl (C=O) groups is 2. The first-order valence-electron chi connectivity index (χ1n) is 14.6. The average molecular weight is 554 g/mol. The zero-order valence-electron chi connectivity index (χ0n) is 24.6. The third-order valence-electron chi connectivity index (χ3n) is 9.14.